The molecule has 0 unspecified atom stereocenters. The quantitative estimate of drug-likeness (QED) is 0.491. The van der Waals surface area contributed by atoms with Crippen molar-refractivity contribution >= 4 is 11.7 Å². The summed E-state index contributed by atoms with van der Waals surface area (Å²) in [6.45, 7) is 3.28. The highest BCUT2D eigenvalue weighted by molar-refractivity contribution is 5.87. The van der Waals surface area contributed by atoms with Crippen molar-refractivity contribution in [2.24, 2.45) is 0 Å². The Kier molecular flexibility index (Phi) is 2.78. The molecule has 1 heterocycles. The van der Waals surface area contributed by atoms with Crippen LogP contribution in [0.1, 0.15) is 0 Å². The fraction of sp³-hybridized carbons (Fsp3) is 0. The van der Waals surface area contributed by atoms with Crippen molar-refractivity contribution < 1.29 is 4.79 Å². The fourth-order valence-corrected chi connectivity index (χ4v) is 0.545. The molecule has 0 saturated heterocycles. The highest BCUT2D eigenvalue weighted by Crippen LogP contribution is 1.93. The van der Waals surface area contributed by atoms with E-state index in [1.54, 1.807) is 18.3 Å². The number of nitrogens with zero attached hydrogens (tertiary/aromatic N) is 2. The van der Waals surface area contributed by atoms with Crippen LogP contribution in [0.25, 0.3) is 0 Å². The third-order valence-corrected chi connectivity index (χ3v) is 1.07. The van der Waals surface area contributed by atoms with Crippen molar-refractivity contribution in [2.45, 2.75) is 0 Å². The van der Waals surface area contributed by atoms with Gasteiger partial charge in [-0.25, -0.2) is 0 Å². The molecule has 0 aromatic carbocycles. The summed E-state index contributed by atoms with van der Waals surface area (Å²) < 4.78 is 0. The van der Waals surface area contributed by atoms with Gasteiger partial charge in [0.2, 0.25) is 0 Å². The molecule has 1 rings (SSSR count). The molecule has 0 aliphatic rings. The molecule has 0 atom stereocenters. The second kappa shape index (κ2) is 4.07. The smallest absolute Gasteiger partial charge is 0.261 e. The average molecular weight is 164 g/mol. The SMILES string of the molecule is C=CC(=O)NNc1cccnn1. The van der Waals surface area contributed by atoms with Crippen molar-refractivity contribution in [1.29, 1.82) is 0 Å². The monoisotopic (exact) mass is 164 g/mol. The lowest BCUT2D eigenvalue weighted by Crippen LogP contribution is -2.27. The molecule has 1 aromatic rings. The number of aromatic nitrogens is 2. The standard InChI is InChI=1S/C7H8N4O/c1-2-7(12)11-10-6-4-3-5-8-9-6/h2-5H,1H2,(H,9,10)(H,11,12). The van der Waals surface area contributed by atoms with Crippen LogP contribution in [0.15, 0.2) is 31.0 Å². The summed E-state index contributed by atoms with van der Waals surface area (Å²) >= 11 is 0. The van der Waals surface area contributed by atoms with Crippen LogP contribution in [0.5, 0.6) is 0 Å². The topological polar surface area (TPSA) is 66.9 Å². The molecule has 0 saturated carbocycles. The molecule has 5 nitrogen and oxygen atoms in total. The maximum absolute atomic E-state index is 10.6. The summed E-state index contributed by atoms with van der Waals surface area (Å²) in [6, 6.07) is 3.38. The highest BCUT2D eigenvalue weighted by atomic mass is 16.2. The van der Waals surface area contributed by atoms with Gasteiger partial charge in [0.25, 0.3) is 5.91 Å². The molecule has 0 fully saturated rings. The van der Waals surface area contributed by atoms with E-state index in [4.69, 9.17) is 0 Å². The predicted molar refractivity (Wildman–Crippen MR) is 44.0 cm³/mol. The van der Waals surface area contributed by atoms with E-state index in [2.05, 4.69) is 27.6 Å². The van der Waals surface area contributed by atoms with Gasteiger partial charge in [0, 0.05) is 6.20 Å². The first-order chi connectivity index (χ1) is 5.83. The maximum atomic E-state index is 10.6. The van der Waals surface area contributed by atoms with E-state index < -0.39 is 0 Å². The number of rotatable bonds is 3. The summed E-state index contributed by atoms with van der Waals surface area (Å²) in [7, 11) is 0. The van der Waals surface area contributed by atoms with Gasteiger partial charge in [-0.3, -0.25) is 15.6 Å². The van der Waals surface area contributed by atoms with Crippen LogP contribution in [0.4, 0.5) is 5.82 Å². The van der Waals surface area contributed by atoms with Gasteiger partial charge in [-0.1, -0.05) is 6.58 Å². The molecule has 1 amide bonds. The largest absolute Gasteiger partial charge is 0.280 e. The van der Waals surface area contributed by atoms with Crippen molar-refractivity contribution in [3.8, 4) is 0 Å². The Morgan fingerprint density at radius 2 is 2.50 bits per heavy atom. The molecule has 2 N–H and O–H groups in total. The summed E-state index contributed by atoms with van der Waals surface area (Å²) in [6.07, 6.45) is 2.70. The summed E-state index contributed by atoms with van der Waals surface area (Å²) in [5, 5.41) is 7.27. The van der Waals surface area contributed by atoms with Gasteiger partial charge in [-0.15, -0.1) is 5.10 Å². The van der Waals surface area contributed by atoms with Crippen LogP contribution in [-0.4, -0.2) is 16.1 Å². The normalized spacial score (nSPS) is 8.67. The van der Waals surface area contributed by atoms with E-state index >= 15 is 0 Å². The first-order valence-corrected chi connectivity index (χ1v) is 3.29. The van der Waals surface area contributed by atoms with Crippen molar-refractivity contribution in [3.05, 3.63) is 31.0 Å². The van der Waals surface area contributed by atoms with Crippen LogP contribution >= 0.6 is 0 Å². The molecular weight excluding hydrogens is 156 g/mol. The maximum Gasteiger partial charge on any atom is 0.261 e. The third kappa shape index (κ3) is 2.37. The van der Waals surface area contributed by atoms with Crippen LogP contribution < -0.4 is 10.9 Å². The number of hydrogen-bond donors (Lipinski definition) is 2. The van der Waals surface area contributed by atoms with E-state index in [1.807, 2.05) is 0 Å². The minimum atomic E-state index is -0.319. The first-order valence-electron chi connectivity index (χ1n) is 3.29. The Morgan fingerprint density at radius 1 is 1.67 bits per heavy atom. The molecule has 62 valence electrons. The summed E-state index contributed by atoms with van der Waals surface area (Å²) in [5.74, 6) is 0.161. The Hall–Kier alpha value is -1.91. The molecule has 1 aromatic heterocycles. The molecule has 5 heteroatoms. The number of anilines is 1. The second-order valence-corrected chi connectivity index (χ2v) is 1.93. The van der Waals surface area contributed by atoms with E-state index in [1.165, 1.54) is 0 Å². The van der Waals surface area contributed by atoms with Gasteiger partial charge in [-0.2, -0.15) is 5.10 Å². The van der Waals surface area contributed by atoms with Crippen LogP contribution in [0.2, 0.25) is 0 Å². The molecular formula is C7H8N4O. The van der Waals surface area contributed by atoms with Gasteiger partial charge in [0.15, 0.2) is 5.82 Å². The first kappa shape index (κ1) is 8.19. The molecule has 0 aliphatic carbocycles. The fourth-order valence-electron chi connectivity index (χ4n) is 0.545. The molecule has 0 spiro atoms. The van der Waals surface area contributed by atoms with E-state index in [0.717, 1.165) is 6.08 Å². The zero-order valence-electron chi connectivity index (χ0n) is 6.32. The lowest BCUT2D eigenvalue weighted by atomic mass is 10.5. The summed E-state index contributed by atoms with van der Waals surface area (Å²) in [5.41, 5.74) is 4.89. The predicted octanol–water partition coefficient (Wildman–Crippen LogP) is 0.106. The highest BCUT2D eigenvalue weighted by Gasteiger charge is 1.93. The summed E-state index contributed by atoms with van der Waals surface area (Å²) in [4.78, 5) is 10.6. The van der Waals surface area contributed by atoms with E-state index in [-0.39, 0.29) is 5.91 Å². The number of carbonyl (C=O) groups excluding carboxylic acids is 1. The number of hydrazine groups is 1. The van der Waals surface area contributed by atoms with Crippen molar-refractivity contribution in [1.82, 2.24) is 15.6 Å². The number of hydrogen-bond acceptors (Lipinski definition) is 4. The van der Waals surface area contributed by atoms with Gasteiger partial charge < -0.3 is 0 Å². The third-order valence-electron chi connectivity index (χ3n) is 1.07. The molecule has 0 aliphatic heterocycles. The van der Waals surface area contributed by atoms with Crippen LogP contribution in [-0.2, 0) is 4.79 Å². The Bertz CT molecular complexity index is 272. The Morgan fingerprint density at radius 3 is 3.08 bits per heavy atom. The zero-order valence-corrected chi connectivity index (χ0v) is 6.32. The van der Waals surface area contributed by atoms with Gasteiger partial charge in [0.1, 0.15) is 0 Å². The van der Waals surface area contributed by atoms with Gasteiger partial charge >= 0.3 is 0 Å². The lowest BCUT2D eigenvalue weighted by molar-refractivity contribution is -0.116. The number of nitrogens with one attached hydrogen (secondary N) is 2. The number of carbonyl (C=O) groups is 1. The zero-order chi connectivity index (χ0) is 8.81. The van der Waals surface area contributed by atoms with E-state index in [9.17, 15) is 4.79 Å². The van der Waals surface area contributed by atoms with Crippen molar-refractivity contribution in [3.63, 3.8) is 0 Å². The van der Waals surface area contributed by atoms with Crippen molar-refractivity contribution in [2.75, 3.05) is 5.43 Å². The Labute approximate surface area is 69.5 Å². The van der Waals surface area contributed by atoms with E-state index in [0.29, 0.717) is 5.82 Å². The molecule has 12 heavy (non-hydrogen) atoms. The minimum absolute atomic E-state index is 0.319. The average Bonchev–Trinajstić information content (AvgIpc) is 2.16. The van der Waals surface area contributed by atoms with Crippen LogP contribution in [0.3, 0.4) is 0 Å². The van der Waals surface area contributed by atoms with Crippen LogP contribution in [0, 0.1) is 0 Å². The number of amides is 1. The molecule has 0 radical (unpaired) electrons. The Balaban J connectivity index is 2.43. The minimum Gasteiger partial charge on any atom is -0.280 e. The second-order valence-electron chi connectivity index (χ2n) is 1.93. The van der Waals surface area contributed by atoms with Gasteiger partial charge in [-0.05, 0) is 18.2 Å². The lowest BCUT2D eigenvalue weighted by Gasteiger charge is -2.02. The van der Waals surface area contributed by atoms with Gasteiger partial charge in [0.05, 0.1) is 0 Å². The molecule has 0 bridgehead atoms.